The lowest BCUT2D eigenvalue weighted by Crippen LogP contribution is -2.50. The molecule has 2 N–H and O–H groups in total. The van der Waals surface area contributed by atoms with E-state index in [1.807, 2.05) is 0 Å². The van der Waals surface area contributed by atoms with Crippen LogP contribution < -0.4 is 5.32 Å². The lowest BCUT2D eigenvalue weighted by Gasteiger charge is -2.32. The van der Waals surface area contributed by atoms with Crippen molar-refractivity contribution in [2.24, 2.45) is 5.92 Å². The number of rotatable bonds is 7. The first kappa shape index (κ1) is 13.9. The predicted octanol–water partition coefficient (Wildman–Crippen LogP) is 2.56. The molecule has 0 saturated heterocycles. The molecular formula is C12H27NO. The van der Waals surface area contributed by atoms with Crippen molar-refractivity contribution in [3.63, 3.8) is 0 Å². The Hall–Kier alpha value is -0.0800. The Labute approximate surface area is 89.1 Å². The molecule has 86 valence electrons. The van der Waals surface area contributed by atoms with Crippen molar-refractivity contribution in [1.82, 2.24) is 5.32 Å². The van der Waals surface area contributed by atoms with Crippen LogP contribution in [0.15, 0.2) is 0 Å². The van der Waals surface area contributed by atoms with Gasteiger partial charge in [0, 0.05) is 11.6 Å². The molecule has 0 amide bonds. The van der Waals surface area contributed by atoms with Crippen LogP contribution in [-0.4, -0.2) is 23.3 Å². The fourth-order valence-electron chi connectivity index (χ4n) is 2.11. The maximum Gasteiger partial charge on any atom is 0.0610 e. The summed E-state index contributed by atoms with van der Waals surface area (Å²) in [6.07, 6.45) is 3.31. The van der Waals surface area contributed by atoms with Gasteiger partial charge in [0.05, 0.1) is 6.61 Å². The van der Waals surface area contributed by atoms with E-state index in [9.17, 15) is 5.11 Å². The molecule has 0 rings (SSSR count). The van der Waals surface area contributed by atoms with Crippen LogP contribution >= 0.6 is 0 Å². The molecule has 0 spiro atoms. The first-order valence-electron chi connectivity index (χ1n) is 5.82. The maximum absolute atomic E-state index is 9.34. The molecule has 0 aromatic carbocycles. The Morgan fingerprint density at radius 1 is 1.29 bits per heavy atom. The van der Waals surface area contributed by atoms with E-state index in [0.717, 1.165) is 12.8 Å². The van der Waals surface area contributed by atoms with Crippen molar-refractivity contribution in [3.05, 3.63) is 0 Å². The molecule has 0 aromatic rings. The molecule has 2 unspecified atom stereocenters. The van der Waals surface area contributed by atoms with Gasteiger partial charge in [-0.2, -0.15) is 0 Å². The second-order valence-corrected chi connectivity index (χ2v) is 5.14. The van der Waals surface area contributed by atoms with Crippen LogP contribution in [-0.2, 0) is 0 Å². The summed E-state index contributed by atoms with van der Waals surface area (Å²) >= 11 is 0. The highest BCUT2D eigenvalue weighted by atomic mass is 16.3. The van der Waals surface area contributed by atoms with Gasteiger partial charge in [-0.1, -0.05) is 27.2 Å². The molecule has 14 heavy (non-hydrogen) atoms. The molecule has 0 saturated carbocycles. The van der Waals surface area contributed by atoms with E-state index in [0.29, 0.717) is 12.0 Å². The van der Waals surface area contributed by atoms with Gasteiger partial charge in [0.2, 0.25) is 0 Å². The van der Waals surface area contributed by atoms with E-state index in [1.54, 1.807) is 0 Å². The maximum atomic E-state index is 9.34. The molecule has 2 nitrogen and oxygen atoms in total. The van der Waals surface area contributed by atoms with Gasteiger partial charge >= 0.3 is 0 Å². The van der Waals surface area contributed by atoms with Crippen molar-refractivity contribution in [2.45, 2.75) is 65.5 Å². The summed E-state index contributed by atoms with van der Waals surface area (Å²) in [5.41, 5.74) is -0.0942. The third-order valence-electron chi connectivity index (χ3n) is 2.57. The molecule has 0 aromatic heterocycles. The van der Waals surface area contributed by atoms with Crippen molar-refractivity contribution in [2.75, 3.05) is 6.61 Å². The highest BCUT2D eigenvalue weighted by molar-refractivity contribution is 4.84. The Kier molecular flexibility index (Phi) is 6.38. The zero-order chi connectivity index (χ0) is 11.2. The minimum absolute atomic E-state index is 0.0942. The number of nitrogens with one attached hydrogen (secondary N) is 1. The molecule has 0 radical (unpaired) electrons. The number of aliphatic hydroxyl groups is 1. The fourth-order valence-corrected chi connectivity index (χ4v) is 2.11. The smallest absolute Gasteiger partial charge is 0.0610 e. The van der Waals surface area contributed by atoms with Crippen LogP contribution in [0.25, 0.3) is 0 Å². The zero-order valence-electron chi connectivity index (χ0n) is 10.4. The van der Waals surface area contributed by atoms with Gasteiger partial charge in [0.25, 0.3) is 0 Å². The first-order chi connectivity index (χ1) is 6.43. The molecule has 0 fully saturated rings. The molecule has 2 atom stereocenters. The lowest BCUT2D eigenvalue weighted by atomic mass is 9.94. The van der Waals surface area contributed by atoms with Crippen molar-refractivity contribution < 1.29 is 5.11 Å². The van der Waals surface area contributed by atoms with Crippen LogP contribution in [0, 0.1) is 5.92 Å². The molecular weight excluding hydrogens is 174 g/mol. The first-order valence-corrected chi connectivity index (χ1v) is 5.82. The summed E-state index contributed by atoms with van der Waals surface area (Å²) in [7, 11) is 0. The second kappa shape index (κ2) is 6.41. The Morgan fingerprint density at radius 2 is 1.86 bits per heavy atom. The molecule has 0 aliphatic rings. The van der Waals surface area contributed by atoms with Gasteiger partial charge < -0.3 is 10.4 Å². The van der Waals surface area contributed by atoms with Crippen molar-refractivity contribution in [1.29, 1.82) is 0 Å². The molecule has 0 bridgehead atoms. The number of hydrogen-bond donors (Lipinski definition) is 2. The second-order valence-electron chi connectivity index (χ2n) is 5.14. The topological polar surface area (TPSA) is 32.3 Å². The molecule has 0 heterocycles. The van der Waals surface area contributed by atoms with E-state index in [1.165, 1.54) is 6.42 Å². The van der Waals surface area contributed by atoms with Crippen LogP contribution in [0.3, 0.4) is 0 Å². The normalized spacial score (nSPS) is 18.2. The minimum Gasteiger partial charge on any atom is -0.394 e. The van der Waals surface area contributed by atoms with E-state index < -0.39 is 0 Å². The van der Waals surface area contributed by atoms with Gasteiger partial charge in [-0.3, -0.25) is 0 Å². The minimum atomic E-state index is -0.0942. The summed E-state index contributed by atoms with van der Waals surface area (Å²) in [5, 5.41) is 12.9. The van der Waals surface area contributed by atoms with E-state index >= 15 is 0 Å². The molecule has 0 aliphatic carbocycles. The Balaban J connectivity index is 4.02. The lowest BCUT2D eigenvalue weighted by molar-refractivity contribution is 0.149. The largest absolute Gasteiger partial charge is 0.394 e. The quantitative estimate of drug-likeness (QED) is 0.663. The summed E-state index contributed by atoms with van der Waals surface area (Å²) in [4.78, 5) is 0. The summed E-state index contributed by atoms with van der Waals surface area (Å²) in [6, 6.07) is 0.485. The van der Waals surface area contributed by atoms with Crippen molar-refractivity contribution >= 4 is 0 Å². The Morgan fingerprint density at radius 3 is 2.21 bits per heavy atom. The van der Waals surface area contributed by atoms with Crippen molar-refractivity contribution in [3.8, 4) is 0 Å². The highest BCUT2D eigenvalue weighted by Gasteiger charge is 2.23. The third kappa shape index (κ3) is 5.61. The summed E-state index contributed by atoms with van der Waals surface area (Å²) in [5.74, 6) is 0.710. The van der Waals surface area contributed by atoms with Gasteiger partial charge in [-0.05, 0) is 32.6 Å². The van der Waals surface area contributed by atoms with Gasteiger partial charge in [-0.15, -0.1) is 0 Å². The highest BCUT2D eigenvalue weighted by Crippen LogP contribution is 2.14. The van der Waals surface area contributed by atoms with Gasteiger partial charge in [0.1, 0.15) is 0 Å². The fraction of sp³-hybridized carbons (Fsp3) is 1.00. The summed E-state index contributed by atoms with van der Waals surface area (Å²) in [6.45, 7) is 11.1. The predicted molar refractivity (Wildman–Crippen MR) is 62.5 cm³/mol. The van der Waals surface area contributed by atoms with Gasteiger partial charge in [-0.25, -0.2) is 0 Å². The van der Waals surface area contributed by atoms with E-state index in [-0.39, 0.29) is 12.1 Å². The zero-order valence-corrected chi connectivity index (χ0v) is 10.4. The number of aliphatic hydroxyl groups excluding tert-OH is 1. The van der Waals surface area contributed by atoms with Crippen LogP contribution in [0.5, 0.6) is 0 Å². The standard InChI is InChI=1S/C12H27NO/c1-6-7-12(5,9-14)13-11(4)8-10(2)3/h10-11,13-14H,6-9H2,1-5H3. The third-order valence-corrected chi connectivity index (χ3v) is 2.57. The van der Waals surface area contributed by atoms with Crippen LogP contribution in [0.2, 0.25) is 0 Å². The average molecular weight is 201 g/mol. The number of hydrogen-bond acceptors (Lipinski definition) is 2. The van der Waals surface area contributed by atoms with E-state index in [2.05, 4.69) is 39.9 Å². The Bertz CT molecular complexity index is 147. The molecule has 0 aliphatic heterocycles. The SMILES string of the molecule is CCCC(C)(CO)NC(C)CC(C)C. The average Bonchev–Trinajstić information content (AvgIpc) is 2.02. The van der Waals surface area contributed by atoms with Gasteiger partial charge in [0.15, 0.2) is 0 Å². The summed E-state index contributed by atoms with van der Waals surface area (Å²) < 4.78 is 0. The van der Waals surface area contributed by atoms with E-state index in [4.69, 9.17) is 0 Å². The monoisotopic (exact) mass is 201 g/mol. The molecule has 2 heteroatoms. The van der Waals surface area contributed by atoms with Crippen LogP contribution in [0.4, 0.5) is 0 Å². The van der Waals surface area contributed by atoms with Crippen LogP contribution in [0.1, 0.15) is 53.9 Å².